The summed E-state index contributed by atoms with van der Waals surface area (Å²) in [4.78, 5) is 26.4. The van der Waals surface area contributed by atoms with Crippen molar-refractivity contribution in [3.05, 3.63) is 0 Å². The lowest BCUT2D eigenvalue weighted by molar-refractivity contribution is -0.141. The summed E-state index contributed by atoms with van der Waals surface area (Å²) in [7, 11) is 0. The predicted molar refractivity (Wildman–Crippen MR) is 65.7 cm³/mol. The van der Waals surface area contributed by atoms with Crippen molar-refractivity contribution in [1.29, 1.82) is 0 Å². The van der Waals surface area contributed by atoms with Crippen molar-refractivity contribution in [2.75, 3.05) is 19.6 Å². The first-order valence-corrected chi connectivity index (χ1v) is 6.50. The van der Waals surface area contributed by atoms with Crippen molar-refractivity contribution in [2.45, 2.75) is 44.6 Å². The fourth-order valence-electron chi connectivity index (χ4n) is 2.78. The summed E-state index contributed by atoms with van der Waals surface area (Å²) in [5, 5.41) is 18.7. The van der Waals surface area contributed by atoms with Gasteiger partial charge in [0.25, 0.3) is 0 Å². The second-order valence-corrected chi connectivity index (χ2v) is 5.34. The van der Waals surface area contributed by atoms with E-state index < -0.39 is 18.1 Å². The highest BCUT2D eigenvalue weighted by molar-refractivity contribution is 5.83. The van der Waals surface area contributed by atoms with Gasteiger partial charge >= 0.3 is 12.0 Å². The normalized spacial score (nSPS) is 35.5. The Balaban J connectivity index is 2.07. The Bertz CT molecular complexity index is 365. The van der Waals surface area contributed by atoms with Crippen molar-refractivity contribution in [2.24, 2.45) is 0 Å². The van der Waals surface area contributed by atoms with Gasteiger partial charge in [0.2, 0.25) is 0 Å². The molecule has 0 saturated carbocycles. The number of likely N-dealkylation sites (tertiary alicyclic amines) is 1. The Morgan fingerprint density at radius 1 is 1.16 bits per heavy atom. The number of carbonyl (C=O) groups is 2. The lowest BCUT2D eigenvalue weighted by Crippen LogP contribution is -2.54. The number of hydrogen-bond acceptors (Lipinski definition) is 4. The van der Waals surface area contributed by atoms with Crippen molar-refractivity contribution >= 4 is 12.0 Å². The Morgan fingerprint density at radius 3 is 2.26 bits per heavy atom. The maximum Gasteiger partial charge on any atom is 0.326 e. The van der Waals surface area contributed by atoms with E-state index in [1.807, 2.05) is 13.8 Å². The third-order valence-corrected chi connectivity index (χ3v) is 3.50. The molecule has 0 spiro atoms. The van der Waals surface area contributed by atoms with Crippen LogP contribution in [0.2, 0.25) is 0 Å². The number of morpholine rings is 1. The zero-order valence-electron chi connectivity index (χ0n) is 11.2. The van der Waals surface area contributed by atoms with Gasteiger partial charge < -0.3 is 24.7 Å². The average molecular weight is 272 g/mol. The minimum atomic E-state index is -1.07. The van der Waals surface area contributed by atoms with E-state index in [4.69, 9.17) is 9.84 Å². The van der Waals surface area contributed by atoms with E-state index in [2.05, 4.69) is 0 Å². The first-order valence-electron chi connectivity index (χ1n) is 6.50. The molecular formula is C12H20N2O5. The standard InChI is InChI=1S/C12H20N2O5/c1-7-4-13(5-8(2)19-7)12(18)14-6-9(15)3-10(14)11(16)17/h7-10,15H,3-6H2,1-2H3,(H,16,17)/t7-,8+,9-,10-/m1/s1. The number of hydrogen-bond donors (Lipinski definition) is 2. The van der Waals surface area contributed by atoms with Gasteiger partial charge in [-0.1, -0.05) is 0 Å². The fraction of sp³-hybridized carbons (Fsp3) is 0.833. The van der Waals surface area contributed by atoms with Gasteiger partial charge in [0.15, 0.2) is 0 Å². The Kier molecular flexibility index (Phi) is 3.96. The molecule has 2 aliphatic heterocycles. The first kappa shape index (κ1) is 14.1. The Labute approximate surface area is 111 Å². The number of amides is 2. The molecule has 2 N–H and O–H groups in total. The number of urea groups is 1. The molecule has 2 amide bonds. The number of aliphatic carboxylic acids is 1. The van der Waals surface area contributed by atoms with Crippen LogP contribution < -0.4 is 0 Å². The van der Waals surface area contributed by atoms with Gasteiger partial charge in [-0.2, -0.15) is 0 Å². The predicted octanol–water partition coefficient (Wildman–Crippen LogP) is -0.265. The molecule has 4 atom stereocenters. The number of ether oxygens (including phenoxy) is 1. The van der Waals surface area contributed by atoms with E-state index in [0.717, 1.165) is 0 Å². The van der Waals surface area contributed by atoms with Crippen LogP contribution in [0.5, 0.6) is 0 Å². The number of aliphatic hydroxyl groups excluding tert-OH is 1. The maximum absolute atomic E-state index is 12.4. The van der Waals surface area contributed by atoms with E-state index in [-0.39, 0.29) is 31.2 Å². The van der Waals surface area contributed by atoms with Gasteiger partial charge in [-0.25, -0.2) is 9.59 Å². The van der Waals surface area contributed by atoms with Crippen molar-refractivity contribution in [1.82, 2.24) is 9.80 Å². The summed E-state index contributed by atoms with van der Waals surface area (Å²) >= 11 is 0. The molecule has 7 heteroatoms. The van der Waals surface area contributed by atoms with Gasteiger partial charge in [0, 0.05) is 26.1 Å². The van der Waals surface area contributed by atoms with Crippen LogP contribution in [-0.4, -0.2) is 76.0 Å². The van der Waals surface area contributed by atoms with E-state index >= 15 is 0 Å². The highest BCUT2D eigenvalue weighted by atomic mass is 16.5. The highest BCUT2D eigenvalue weighted by Crippen LogP contribution is 2.22. The van der Waals surface area contributed by atoms with Crippen LogP contribution in [0.15, 0.2) is 0 Å². The molecule has 0 aromatic carbocycles. The Morgan fingerprint density at radius 2 is 1.74 bits per heavy atom. The minimum absolute atomic E-state index is 0.0662. The van der Waals surface area contributed by atoms with Gasteiger partial charge in [0.1, 0.15) is 6.04 Å². The SMILES string of the molecule is C[C@@H]1CN(C(=O)N2C[C@H](O)C[C@@H]2C(=O)O)C[C@H](C)O1. The lowest BCUT2D eigenvalue weighted by atomic mass is 10.2. The summed E-state index contributed by atoms with van der Waals surface area (Å²) in [6, 6.07) is -1.26. The van der Waals surface area contributed by atoms with E-state index in [1.165, 1.54) is 4.90 Å². The molecule has 2 aliphatic rings. The average Bonchev–Trinajstić information content (AvgIpc) is 2.69. The molecule has 0 bridgehead atoms. The zero-order valence-corrected chi connectivity index (χ0v) is 11.2. The summed E-state index contributed by atoms with van der Waals surface area (Å²) in [6.45, 7) is 4.73. The zero-order chi connectivity index (χ0) is 14.2. The highest BCUT2D eigenvalue weighted by Gasteiger charge is 2.41. The number of nitrogens with zero attached hydrogens (tertiary/aromatic N) is 2. The first-order chi connectivity index (χ1) is 8.88. The molecule has 2 saturated heterocycles. The number of β-amino-alcohol motifs (C(OH)–C–C–N with tert-alkyl or cyclic N) is 1. The van der Waals surface area contributed by atoms with Gasteiger partial charge in [0.05, 0.1) is 18.3 Å². The molecule has 0 aromatic rings. The van der Waals surface area contributed by atoms with Crippen molar-refractivity contribution in [3.63, 3.8) is 0 Å². The summed E-state index contributed by atoms with van der Waals surface area (Å²) in [6.07, 6.45) is -0.802. The molecule has 2 fully saturated rings. The molecule has 0 aromatic heterocycles. The van der Waals surface area contributed by atoms with Crippen LogP contribution in [0.3, 0.4) is 0 Å². The molecule has 108 valence electrons. The van der Waals surface area contributed by atoms with E-state index in [0.29, 0.717) is 13.1 Å². The monoisotopic (exact) mass is 272 g/mol. The molecule has 2 rings (SSSR count). The molecule has 0 radical (unpaired) electrons. The maximum atomic E-state index is 12.4. The second kappa shape index (κ2) is 5.34. The molecule has 2 heterocycles. The van der Waals surface area contributed by atoms with Crippen LogP contribution >= 0.6 is 0 Å². The summed E-state index contributed by atoms with van der Waals surface area (Å²) < 4.78 is 5.55. The number of rotatable bonds is 1. The smallest absolute Gasteiger partial charge is 0.326 e. The van der Waals surface area contributed by atoms with Crippen LogP contribution in [0, 0.1) is 0 Å². The number of carbonyl (C=O) groups excluding carboxylic acids is 1. The quantitative estimate of drug-likeness (QED) is 0.686. The number of aliphatic hydroxyl groups is 1. The van der Waals surface area contributed by atoms with E-state index in [1.54, 1.807) is 4.90 Å². The summed E-state index contributed by atoms with van der Waals surface area (Å²) in [5.74, 6) is -1.07. The molecule has 7 nitrogen and oxygen atoms in total. The largest absolute Gasteiger partial charge is 0.480 e. The number of carboxylic acid groups (broad SMARTS) is 1. The second-order valence-electron chi connectivity index (χ2n) is 5.34. The minimum Gasteiger partial charge on any atom is -0.480 e. The molecule has 0 unspecified atom stereocenters. The van der Waals surface area contributed by atoms with Crippen molar-refractivity contribution < 1.29 is 24.5 Å². The van der Waals surface area contributed by atoms with E-state index in [9.17, 15) is 14.7 Å². The fourth-order valence-corrected chi connectivity index (χ4v) is 2.78. The van der Waals surface area contributed by atoms with Crippen LogP contribution in [0.25, 0.3) is 0 Å². The molecular weight excluding hydrogens is 252 g/mol. The number of carboxylic acids is 1. The topological polar surface area (TPSA) is 90.3 Å². The third-order valence-electron chi connectivity index (χ3n) is 3.50. The van der Waals surface area contributed by atoms with Crippen LogP contribution in [0.4, 0.5) is 4.79 Å². The van der Waals surface area contributed by atoms with Crippen molar-refractivity contribution in [3.8, 4) is 0 Å². The van der Waals surface area contributed by atoms with Crippen LogP contribution in [0.1, 0.15) is 20.3 Å². The van der Waals surface area contributed by atoms with Gasteiger partial charge in [-0.05, 0) is 13.8 Å². The lowest BCUT2D eigenvalue weighted by Gasteiger charge is -2.38. The molecule has 0 aliphatic carbocycles. The molecule has 19 heavy (non-hydrogen) atoms. The van der Waals surface area contributed by atoms with Crippen LogP contribution in [-0.2, 0) is 9.53 Å². The van der Waals surface area contributed by atoms with Gasteiger partial charge in [-0.15, -0.1) is 0 Å². The summed E-state index contributed by atoms with van der Waals surface area (Å²) in [5.41, 5.74) is 0. The third kappa shape index (κ3) is 2.98. The Hall–Kier alpha value is -1.34. The van der Waals surface area contributed by atoms with Gasteiger partial charge in [-0.3, -0.25) is 0 Å².